The Morgan fingerprint density at radius 3 is 2.89 bits per heavy atom. The summed E-state index contributed by atoms with van der Waals surface area (Å²) < 4.78 is 0. The molecule has 0 atom stereocenters. The summed E-state index contributed by atoms with van der Waals surface area (Å²) in [5.74, 6) is 0. The molecule has 1 aromatic rings. The first-order chi connectivity index (χ1) is 8.74. The molecule has 1 heterocycles. The van der Waals surface area contributed by atoms with Crippen molar-refractivity contribution in [3.63, 3.8) is 0 Å². The number of aromatic nitrogens is 1. The van der Waals surface area contributed by atoms with Crippen molar-refractivity contribution >= 4 is 17.4 Å². The summed E-state index contributed by atoms with van der Waals surface area (Å²) in [6.07, 6.45) is 6.85. The van der Waals surface area contributed by atoms with E-state index in [1.807, 2.05) is 12.3 Å². The standard InChI is InChI=1S/C13H21N3OS/c1-10-9-18-12(15-10)7-8-14-13(17)16-11-5-3-2-4-6-11/h9,11H,2-8H2,1H3,(H2,14,16,17). The third-order valence-electron chi connectivity index (χ3n) is 3.23. The quantitative estimate of drug-likeness (QED) is 0.881. The van der Waals surface area contributed by atoms with Gasteiger partial charge in [-0.1, -0.05) is 19.3 Å². The van der Waals surface area contributed by atoms with Crippen LogP contribution in [0.5, 0.6) is 0 Å². The molecule has 0 spiro atoms. The van der Waals surface area contributed by atoms with Crippen LogP contribution in [0.4, 0.5) is 4.79 Å². The Morgan fingerprint density at radius 2 is 2.22 bits per heavy atom. The van der Waals surface area contributed by atoms with Gasteiger partial charge in [-0.15, -0.1) is 11.3 Å². The van der Waals surface area contributed by atoms with Gasteiger partial charge in [-0.2, -0.15) is 0 Å². The maximum absolute atomic E-state index is 11.7. The number of hydrogen-bond acceptors (Lipinski definition) is 3. The Hall–Kier alpha value is -1.10. The number of aryl methyl sites for hydroxylation is 1. The van der Waals surface area contributed by atoms with Crippen molar-refractivity contribution in [1.29, 1.82) is 0 Å². The second-order valence-electron chi connectivity index (χ2n) is 4.87. The number of nitrogens with one attached hydrogen (secondary N) is 2. The average Bonchev–Trinajstić information content (AvgIpc) is 2.76. The van der Waals surface area contributed by atoms with E-state index in [0.29, 0.717) is 12.6 Å². The molecule has 100 valence electrons. The van der Waals surface area contributed by atoms with Crippen molar-refractivity contribution in [2.24, 2.45) is 0 Å². The summed E-state index contributed by atoms with van der Waals surface area (Å²) >= 11 is 1.65. The number of thiazole rings is 1. The first-order valence-electron chi connectivity index (χ1n) is 6.69. The highest BCUT2D eigenvalue weighted by molar-refractivity contribution is 7.09. The van der Waals surface area contributed by atoms with Crippen molar-refractivity contribution in [2.45, 2.75) is 51.5 Å². The van der Waals surface area contributed by atoms with E-state index in [0.717, 1.165) is 30.0 Å². The van der Waals surface area contributed by atoms with Crippen LogP contribution in [0, 0.1) is 6.92 Å². The Morgan fingerprint density at radius 1 is 1.44 bits per heavy atom. The van der Waals surface area contributed by atoms with Gasteiger partial charge in [0, 0.05) is 30.1 Å². The number of hydrogen-bond donors (Lipinski definition) is 2. The van der Waals surface area contributed by atoms with Crippen LogP contribution in [0.1, 0.15) is 42.8 Å². The van der Waals surface area contributed by atoms with Crippen molar-refractivity contribution in [3.8, 4) is 0 Å². The van der Waals surface area contributed by atoms with Gasteiger partial charge < -0.3 is 10.6 Å². The molecule has 18 heavy (non-hydrogen) atoms. The molecule has 0 unspecified atom stereocenters. The smallest absolute Gasteiger partial charge is 0.315 e. The van der Waals surface area contributed by atoms with Gasteiger partial charge in [0.05, 0.1) is 5.01 Å². The predicted molar refractivity (Wildman–Crippen MR) is 74.0 cm³/mol. The molecule has 1 saturated carbocycles. The van der Waals surface area contributed by atoms with Crippen LogP contribution < -0.4 is 10.6 Å². The summed E-state index contributed by atoms with van der Waals surface area (Å²) in [4.78, 5) is 16.0. The zero-order valence-corrected chi connectivity index (χ0v) is 11.7. The molecule has 1 fully saturated rings. The summed E-state index contributed by atoms with van der Waals surface area (Å²) in [5.41, 5.74) is 1.06. The van der Waals surface area contributed by atoms with Gasteiger partial charge in [0.1, 0.15) is 0 Å². The molecule has 1 aromatic heterocycles. The number of nitrogens with zero attached hydrogens (tertiary/aromatic N) is 1. The molecule has 1 aliphatic carbocycles. The van der Waals surface area contributed by atoms with Crippen LogP contribution in [0.15, 0.2) is 5.38 Å². The SMILES string of the molecule is Cc1csc(CCNC(=O)NC2CCCCC2)n1. The molecule has 2 N–H and O–H groups in total. The van der Waals surface area contributed by atoms with Gasteiger partial charge in [-0.05, 0) is 19.8 Å². The molecular formula is C13H21N3OS. The first-order valence-corrected chi connectivity index (χ1v) is 7.57. The average molecular weight is 267 g/mol. The van der Waals surface area contributed by atoms with Crippen LogP contribution in [-0.4, -0.2) is 23.6 Å². The maximum Gasteiger partial charge on any atom is 0.315 e. The second-order valence-corrected chi connectivity index (χ2v) is 5.81. The number of rotatable bonds is 4. The summed E-state index contributed by atoms with van der Waals surface area (Å²) in [6.45, 7) is 2.65. The van der Waals surface area contributed by atoms with Crippen LogP contribution in [-0.2, 0) is 6.42 Å². The molecular weight excluding hydrogens is 246 g/mol. The number of amides is 2. The largest absolute Gasteiger partial charge is 0.338 e. The Kier molecular flexibility index (Phi) is 4.99. The van der Waals surface area contributed by atoms with E-state index in [4.69, 9.17) is 0 Å². The van der Waals surface area contributed by atoms with Gasteiger partial charge in [0.15, 0.2) is 0 Å². The van der Waals surface area contributed by atoms with Gasteiger partial charge in [-0.25, -0.2) is 9.78 Å². The van der Waals surface area contributed by atoms with E-state index in [1.54, 1.807) is 11.3 Å². The summed E-state index contributed by atoms with van der Waals surface area (Å²) in [7, 11) is 0. The highest BCUT2D eigenvalue weighted by Crippen LogP contribution is 2.17. The van der Waals surface area contributed by atoms with E-state index < -0.39 is 0 Å². The van der Waals surface area contributed by atoms with Crippen LogP contribution in [0.2, 0.25) is 0 Å². The van der Waals surface area contributed by atoms with Crippen LogP contribution in [0.25, 0.3) is 0 Å². The van der Waals surface area contributed by atoms with Crippen LogP contribution >= 0.6 is 11.3 Å². The van der Waals surface area contributed by atoms with E-state index in [9.17, 15) is 4.79 Å². The van der Waals surface area contributed by atoms with E-state index in [-0.39, 0.29) is 6.03 Å². The molecule has 0 aromatic carbocycles. The van der Waals surface area contributed by atoms with Crippen molar-refractivity contribution in [3.05, 3.63) is 16.1 Å². The summed E-state index contributed by atoms with van der Waals surface area (Å²) in [5, 5.41) is 9.08. The lowest BCUT2D eigenvalue weighted by Crippen LogP contribution is -2.43. The third kappa shape index (κ3) is 4.29. The van der Waals surface area contributed by atoms with Gasteiger partial charge in [0.2, 0.25) is 0 Å². The molecule has 0 radical (unpaired) electrons. The molecule has 1 aliphatic rings. The lowest BCUT2D eigenvalue weighted by molar-refractivity contribution is 0.233. The second kappa shape index (κ2) is 6.73. The molecule has 2 amide bonds. The minimum Gasteiger partial charge on any atom is -0.338 e. The zero-order valence-electron chi connectivity index (χ0n) is 10.9. The topological polar surface area (TPSA) is 54.0 Å². The van der Waals surface area contributed by atoms with Gasteiger partial charge in [-0.3, -0.25) is 0 Å². The maximum atomic E-state index is 11.7. The van der Waals surface area contributed by atoms with Crippen molar-refractivity contribution < 1.29 is 4.79 Å². The summed E-state index contributed by atoms with van der Waals surface area (Å²) in [6, 6.07) is 0.344. The molecule has 4 nitrogen and oxygen atoms in total. The van der Waals surface area contributed by atoms with Crippen molar-refractivity contribution in [2.75, 3.05) is 6.54 Å². The van der Waals surface area contributed by atoms with E-state index in [1.165, 1.54) is 19.3 Å². The third-order valence-corrected chi connectivity index (χ3v) is 4.26. The Bertz CT molecular complexity index is 385. The Balaban J connectivity index is 1.62. The molecule has 0 saturated heterocycles. The fourth-order valence-corrected chi connectivity index (χ4v) is 3.06. The first kappa shape index (κ1) is 13.3. The minimum atomic E-state index is -0.0322. The van der Waals surface area contributed by atoms with Gasteiger partial charge in [0.25, 0.3) is 0 Å². The molecule has 0 aliphatic heterocycles. The fraction of sp³-hybridized carbons (Fsp3) is 0.692. The molecule has 5 heteroatoms. The van der Waals surface area contributed by atoms with E-state index >= 15 is 0 Å². The normalized spacial score (nSPS) is 16.5. The molecule has 0 bridgehead atoms. The van der Waals surface area contributed by atoms with Crippen molar-refractivity contribution in [1.82, 2.24) is 15.6 Å². The van der Waals surface area contributed by atoms with Crippen LogP contribution in [0.3, 0.4) is 0 Å². The minimum absolute atomic E-state index is 0.0322. The van der Waals surface area contributed by atoms with E-state index in [2.05, 4.69) is 15.6 Å². The number of urea groups is 1. The predicted octanol–water partition coefficient (Wildman–Crippen LogP) is 2.63. The lowest BCUT2D eigenvalue weighted by Gasteiger charge is -2.22. The monoisotopic (exact) mass is 267 g/mol. The Labute approximate surface area is 112 Å². The van der Waals surface area contributed by atoms with Gasteiger partial charge >= 0.3 is 6.03 Å². The number of carbonyl (C=O) groups is 1. The highest BCUT2D eigenvalue weighted by atomic mass is 32.1. The molecule has 2 rings (SSSR count). The lowest BCUT2D eigenvalue weighted by atomic mass is 9.96. The number of carbonyl (C=O) groups excluding carboxylic acids is 1. The zero-order chi connectivity index (χ0) is 12.8. The highest BCUT2D eigenvalue weighted by Gasteiger charge is 2.15. The fourth-order valence-electron chi connectivity index (χ4n) is 2.28.